The Labute approximate surface area is 117 Å². The number of hydrogen-bond donors (Lipinski definition) is 2. The maximum absolute atomic E-state index is 11.5. The summed E-state index contributed by atoms with van der Waals surface area (Å²) in [6.45, 7) is -0.331. The Balaban J connectivity index is 2.20. The summed E-state index contributed by atoms with van der Waals surface area (Å²) >= 11 is 1.15. The van der Waals surface area contributed by atoms with Crippen LogP contribution in [-0.2, 0) is 11.3 Å². The van der Waals surface area contributed by atoms with E-state index in [0.29, 0.717) is 10.1 Å². The molecular formula is C10H10N6O3S. The molecule has 0 saturated carbocycles. The van der Waals surface area contributed by atoms with Gasteiger partial charge < -0.3 is 10.4 Å². The molecule has 9 nitrogen and oxygen atoms in total. The van der Waals surface area contributed by atoms with E-state index in [-0.39, 0.29) is 18.1 Å². The minimum absolute atomic E-state index is 0.259. The number of nitrogens with one attached hydrogen (secondary N) is 1. The van der Waals surface area contributed by atoms with Crippen LogP contribution in [0.5, 0.6) is 0 Å². The minimum atomic E-state index is -1.04. The number of pyridine rings is 1. The smallest absolute Gasteiger partial charge is 0.325 e. The van der Waals surface area contributed by atoms with Gasteiger partial charge in [-0.25, -0.2) is 4.68 Å². The van der Waals surface area contributed by atoms with Gasteiger partial charge in [-0.05, 0) is 34.3 Å². The van der Waals surface area contributed by atoms with E-state index in [9.17, 15) is 9.59 Å². The van der Waals surface area contributed by atoms with Crippen molar-refractivity contribution in [3.63, 3.8) is 0 Å². The third-order valence-electron chi connectivity index (χ3n) is 2.18. The van der Waals surface area contributed by atoms with E-state index in [2.05, 4.69) is 25.8 Å². The Morgan fingerprint density at radius 2 is 2.30 bits per heavy atom. The second kappa shape index (κ2) is 6.10. The molecule has 0 atom stereocenters. The van der Waals surface area contributed by atoms with Crippen LogP contribution in [0.1, 0.15) is 10.5 Å². The van der Waals surface area contributed by atoms with E-state index in [1.54, 1.807) is 12.1 Å². The van der Waals surface area contributed by atoms with Gasteiger partial charge in [-0.3, -0.25) is 14.6 Å². The highest BCUT2D eigenvalue weighted by atomic mass is 32.2. The molecule has 2 N–H and O–H groups in total. The topological polar surface area (TPSA) is 123 Å². The van der Waals surface area contributed by atoms with E-state index in [0.717, 1.165) is 16.4 Å². The van der Waals surface area contributed by atoms with Crippen molar-refractivity contribution in [1.82, 2.24) is 30.5 Å². The molecule has 10 heteroatoms. The van der Waals surface area contributed by atoms with Crippen LogP contribution in [0.15, 0.2) is 28.4 Å². The third-order valence-corrected chi connectivity index (χ3v) is 3.15. The first kappa shape index (κ1) is 13.9. The molecule has 0 fully saturated rings. The van der Waals surface area contributed by atoms with Crippen LogP contribution >= 0.6 is 11.8 Å². The fraction of sp³-hybridized carbons (Fsp3) is 0.200. The highest BCUT2D eigenvalue weighted by Crippen LogP contribution is 2.25. The number of rotatable bonds is 5. The molecule has 2 aromatic rings. The Bertz CT molecular complexity index is 643. The van der Waals surface area contributed by atoms with Crippen LogP contribution in [0.3, 0.4) is 0 Å². The first-order chi connectivity index (χ1) is 9.60. The first-order valence-electron chi connectivity index (χ1n) is 5.44. The number of aliphatic carboxylic acids is 1. The summed E-state index contributed by atoms with van der Waals surface area (Å²) in [4.78, 5) is 26.8. The molecule has 0 radical (unpaired) electrons. The molecule has 0 aliphatic rings. The number of carboxylic acids is 1. The van der Waals surface area contributed by atoms with Crippen molar-refractivity contribution in [3.8, 4) is 0 Å². The largest absolute Gasteiger partial charge is 0.480 e. The van der Waals surface area contributed by atoms with Crippen molar-refractivity contribution in [2.24, 2.45) is 0 Å². The summed E-state index contributed by atoms with van der Waals surface area (Å²) in [5.74, 6) is -1.35. The molecule has 1 amide bonds. The SMILES string of the molecule is CNC(=O)c1cc(Sc2nnnn2CC(=O)O)ccn1. The predicted molar refractivity (Wildman–Crippen MR) is 67.2 cm³/mol. The molecule has 0 saturated heterocycles. The number of nitrogens with zero attached hydrogens (tertiary/aromatic N) is 5. The van der Waals surface area contributed by atoms with Crippen LogP contribution in [0.2, 0.25) is 0 Å². The van der Waals surface area contributed by atoms with E-state index >= 15 is 0 Å². The summed E-state index contributed by atoms with van der Waals surface area (Å²) in [5, 5.41) is 22.3. The van der Waals surface area contributed by atoms with Crippen LogP contribution < -0.4 is 5.32 Å². The number of hydrogen-bond acceptors (Lipinski definition) is 7. The number of carbonyl (C=O) groups is 2. The maximum Gasteiger partial charge on any atom is 0.325 e. The lowest BCUT2D eigenvalue weighted by atomic mass is 10.3. The number of carboxylic acid groups (broad SMARTS) is 1. The van der Waals surface area contributed by atoms with Crippen molar-refractivity contribution >= 4 is 23.6 Å². The number of amides is 1. The van der Waals surface area contributed by atoms with Crippen molar-refractivity contribution in [2.75, 3.05) is 7.05 Å². The zero-order valence-electron chi connectivity index (χ0n) is 10.3. The summed E-state index contributed by atoms with van der Waals surface area (Å²) in [7, 11) is 1.51. The number of tetrazole rings is 1. The van der Waals surface area contributed by atoms with Gasteiger partial charge in [0.1, 0.15) is 12.2 Å². The van der Waals surface area contributed by atoms with Crippen molar-refractivity contribution in [3.05, 3.63) is 24.0 Å². The molecule has 2 rings (SSSR count). The van der Waals surface area contributed by atoms with Gasteiger partial charge in [0.25, 0.3) is 5.91 Å². The molecule has 0 aliphatic carbocycles. The summed E-state index contributed by atoms with van der Waals surface area (Å²) in [6.07, 6.45) is 1.48. The lowest BCUT2D eigenvalue weighted by molar-refractivity contribution is -0.138. The summed E-state index contributed by atoms with van der Waals surface area (Å²) in [6, 6.07) is 3.25. The van der Waals surface area contributed by atoms with Gasteiger partial charge in [0, 0.05) is 18.1 Å². The molecule has 0 unspecified atom stereocenters. The van der Waals surface area contributed by atoms with Crippen molar-refractivity contribution < 1.29 is 14.7 Å². The monoisotopic (exact) mass is 294 g/mol. The molecule has 2 aromatic heterocycles. The molecule has 0 aromatic carbocycles. The zero-order valence-corrected chi connectivity index (χ0v) is 11.2. The molecular weight excluding hydrogens is 284 g/mol. The second-order valence-electron chi connectivity index (χ2n) is 3.57. The normalized spacial score (nSPS) is 10.2. The highest BCUT2D eigenvalue weighted by molar-refractivity contribution is 7.99. The maximum atomic E-state index is 11.5. The van der Waals surface area contributed by atoms with Gasteiger partial charge >= 0.3 is 5.97 Å². The van der Waals surface area contributed by atoms with Crippen LogP contribution in [0, 0.1) is 0 Å². The van der Waals surface area contributed by atoms with E-state index < -0.39 is 5.97 Å². The van der Waals surface area contributed by atoms with E-state index in [1.165, 1.54) is 13.2 Å². The van der Waals surface area contributed by atoms with Crippen LogP contribution in [0.25, 0.3) is 0 Å². The van der Waals surface area contributed by atoms with Gasteiger partial charge in [-0.2, -0.15) is 0 Å². The van der Waals surface area contributed by atoms with Gasteiger partial charge in [0.15, 0.2) is 0 Å². The third kappa shape index (κ3) is 3.29. The van der Waals surface area contributed by atoms with Gasteiger partial charge in [-0.1, -0.05) is 0 Å². The molecule has 0 bridgehead atoms. The standard InChI is InChI=1S/C10H10N6O3S/c1-11-9(19)7-4-6(2-3-12-7)20-10-13-14-15-16(10)5-8(17)18/h2-4H,5H2,1H3,(H,11,19)(H,17,18). The van der Waals surface area contributed by atoms with Crippen molar-refractivity contribution in [2.45, 2.75) is 16.6 Å². The molecule has 0 aliphatic heterocycles. The molecule has 104 valence electrons. The van der Waals surface area contributed by atoms with E-state index in [1.807, 2.05) is 0 Å². The average molecular weight is 294 g/mol. The van der Waals surface area contributed by atoms with Crippen LogP contribution in [-0.4, -0.2) is 49.2 Å². The lowest BCUT2D eigenvalue weighted by Gasteiger charge is -2.03. The first-order valence-corrected chi connectivity index (χ1v) is 6.25. The van der Waals surface area contributed by atoms with Gasteiger partial charge in [-0.15, -0.1) is 5.10 Å². The molecule has 20 heavy (non-hydrogen) atoms. The molecule has 2 heterocycles. The fourth-order valence-electron chi connectivity index (χ4n) is 1.33. The fourth-order valence-corrected chi connectivity index (χ4v) is 2.12. The van der Waals surface area contributed by atoms with Crippen molar-refractivity contribution in [1.29, 1.82) is 0 Å². The molecule has 0 spiro atoms. The Morgan fingerprint density at radius 1 is 1.50 bits per heavy atom. The quantitative estimate of drug-likeness (QED) is 0.768. The van der Waals surface area contributed by atoms with E-state index in [4.69, 9.17) is 5.11 Å². The Hall–Kier alpha value is -2.49. The minimum Gasteiger partial charge on any atom is -0.480 e. The van der Waals surface area contributed by atoms with Crippen LogP contribution in [0.4, 0.5) is 0 Å². The average Bonchev–Trinajstić information content (AvgIpc) is 2.84. The highest BCUT2D eigenvalue weighted by Gasteiger charge is 2.12. The number of aromatic nitrogens is 5. The number of carbonyl (C=O) groups excluding carboxylic acids is 1. The summed E-state index contributed by atoms with van der Waals surface area (Å²) in [5.41, 5.74) is 0.259. The van der Waals surface area contributed by atoms with Gasteiger partial charge in [0.05, 0.1) is 0 Å². The predicted octanol–water partition coefficient (Wildman–Crippen LogP) is -0.337. The Kier molecular flexibility index (Phi) is 4.25. The second-order valence-corrected chi connectivity index (χ2v) is 4.61. The van der Waals surface area contributed by atoms with Gasteiger partial charge in [0.2, 0.25) is 5.16 Å². The Morgan fingerprint density at radius 3 is 3.00 bits per heavy atom. The summed E-state index contributed by atoms with van der Waals surface area (Å²) < 4.78 is 1.16. The zero-order chi connectivity index (χ0) is 14.5. The lowest BCUT2D eigenvalue weighted by Crippen LogP contribution is -2.19.